The van der Waals surface area contributed by atoms with E-state index in [2.05, 4.69) is 10.5 Å². The smallest absolute Gasteiger partial charge is 0.318 e. The van der Waals surface area contributed by atoms with Gasteiger partial charge in [-0.2, -0.15) is 0 Å². The predicted octanol–water partition coefficient (Wildman–Crippen LogP) is 4.22. The number of hydrogen-bond donors (Lipinski definition) is 1. The van der Waals surface area contributed by atoms with Crippen molar-refractivity contribution in [3.8, 4) is 0 Å². The predicted molar refractivity (Wildman–Crippen MR) is 103 cm³/mol. The Kier molecular flexibility index (Phi) is 6.41. The Balaban J connectivity index is 1.71. The fourth-order valence-electron chi connectivity index (χ4n) is 3.04. The van der Waals surface area contributed by atoms with Crippen LogP contribution in [0.3, 0.4) is 0 Å². The fourth-order valence-corrected chi connectivity index (χ4v) is 3.04. The van der Waals surface area contributed by atoms with E-state index in [-0.39, 0.29) is 37.1 Å². The van der Waals surface area contributed by atoms with E-state index in [0.29, 0.717) is 11.3 Å². The van der Waals surface area contributed by atoms with Crippen LogP contribution in [0.4, 0.5) is 18.0 Å². The van der Waals surface area contributed by atoms with E-state index in [4.69, 9.17) is 4.84 Å². The number of halogens is 3. The van der Waals surface area contributed by atoms with Gasteiger partial charge in [0.1, 0.15) is 17.5 Å². The standard InChI is InChI=1S/C21H22F3N3O2/c1-13(2)25-21(28)27(11-14-5-3-4-6-18(14)23)12-16-10-20(26-29-16)17-8-7-15(22)9-19(17)24/h3-9,13,16H,10-12H2,1-2H3,(H,25,28)/t16-/m0/s1. The van der Waals surface area contributed by atoms with Crippen LogP contribution in [-0.4, -0.2) is 35.3 Å². The van der Waals surface area contributed by atoms with Crippen LogP contribution in [-0.2, 0) is 11.4 Å². The van der Waals surface area contributed by atoms with Gasteiger partial charge >= 0.3 is 6.03 Å². The van der Waals surface area contributed by atoms with E-state index < -0.39 is 23.6 Å². The topological polar surface area (TPSA) is 53.9 Å². The van der Waals surface area contributed by atoms with Gasteiger partial charge in [-0.05, 0) is 32.0 Å². The molecular formula is C21H22F3N3O2. The first-order valence-electron chi connectivity index (χ1n) is 9.30. The average molecular weight is 405 g/mol. The van der Waals surface area contributed by atoms with Gasteiger partial charge in [0.2, 0.25) is 0 Å². The molecule has 154 valence electrons. The second kappa shape index (κ2) is 8.98. The number of carbonyl (C=O) groups is 1. The Morgan fingerprint density at radius 1 is 1.21 bits per heavy atom. The highest BCUT2D eigenvalue weighted by Crippen LogP contribution is 2.21. The van der Waals surface area contributed by atoms with Gasteiger partial charge in [0.05, 0.1) is 18.8 Å². The number of nitrogens with zero attached hydrogens (tertiary/aromatic N) is 2. The lowest BCUT2D eigenvalue weighted by atomic mass is 10.0. The minimum atomic E-state index is -0.728. The number of urea groups is 1. The maximum absolute atomic E-state index is 14.1. The van der Waals surface area contributed by atoms with Crippen molar-refractivity contribution in [3.05, 3.63) is 71.0 Å². The number of nitrogens with one attached hydrogen (secondary N) is 1. The van der Waals surface area contributed by atoms with Crippen molar-refractivity contribution in [1.82, 2.24) is 10.2 Å². The van der Waals surface area contributed by atoms with Crippen LogP contribution in [0.5, 0.6) is 0 Å². The molecule has 1 N–H and O–H groups in total. The zero-order valence-corrected chi connectivity index (χ0v) is 16.2. The molecule has 5 nitrogen and oxygen atoms in total. The molecule has 8 heteroatoms. The Labute approximate surface area is 167 Å². The third kappa shape index (κ3) is 5.28. The van der Waals surface area contributed by atoms with Crippen LogP contribution >= 0.6 is 0 Å². The first-order valence-corrected chi connectivity index (χ1v) is 9.30. The molecule has 1 aliphatic rings. The summed E-state index contributed by atoms with van der Waals surface area (Å²) in [5.41, 5.74) is 0.860. The number of carbonyl (C=O) groups excluding carboxylic acids is 1. The SMILES string of the molecule is CC(C)NC(=O)N(Cc1ccccc1F)C[C@@H]1CC(c2ccc(F)cc2F)=NO1. The molecule has 1 aliphatic heterocycles. The van der Waals surface area contributed by atoms with Crippen molar-refractivity contribution in [3.63, 3.8) is 0 Å². The molecule has 0 saturated heterocycles. The Bertz CT molecular complexity index is 918. The normalized spacial score (nSPS) is 15.8. The maximum Gasteiger partial charge on any atom is 0.318 e. The molecule has 2 amide bonds. The monoisotopic (exact) mass is 405 g/mol. The Morgan fingerprint density at radius 2 is 1.97 bits per heavy atom. The number of rotatable bonds is 6. The van der Waals surface area contributed by atoms with Gasteiger partial charge in [0, 0.05) is 29.7 Å². The lowest BCUT2D eigenvalue weighted by molar-refractivity contribution is 0.0584. The summed E-state index contributed by atoms with van der Waals surface area (Å²) in [4.78, 5) is 19.4. The molecule has 0 spiro atoms. The van der Waals surface area contributed by atoms with E-state index >= 15 is 0 Å². The molecule has 2 aromatic rings. The third-order valence-corrected chi connectivity index (χ3v) is 4.42. The molecule has 29 heavy (non-hydrogen) atoms. The minimum absolute atomic E-state index is 0.0470. The van der Waals surface area contributed by atoms with Gasteiger partial charge in [0.15, 0.2) is 6.10 Å². The molecule has 3 rings (SSSR count). The fraction of sp³-hybridized carbons (Fsp3) is 0.333. The molecule has 1 heterocycles. The molecule has 1 atom stereocenters. The van der Waals surface area contributed by atoms with Gasteiger partial charge < -0.3 is 15.1 Å². The van der Waals surface area contributed by atoms with Crippen molar-refractivity contribution < 1.29 is 22.8 Å². The number of benzene rings is 2. The zero-order chi connectivity index (χ0) is 21.0. The highest BCUT2D eigenvalue weighted by atomic mass is 19.1. The first-order chi connectivity index (χ1) is 13.8. The molecule has 0 aliphatic carbocycles. The van der Waals surface area contributed by atoms with Gasteiger partial charge in [-0.25, -0.2) is 18.0 Å². The van der Waals surface area contributed by atoms with Crippen molar-refractivity contribution in [2.45, 2.75) is 39.0 Å². The molecule has 0 fully saturated rings. The van der Waals surface area contributed by atoms with Crippen molar-refractivity contribution in [1.29, 1.82) is 0 Å². The van der Waals surface area contributed by atoms with Gasteiger partial charge in [-0.15, -0.1) is 0 Å². The molecule has 0 unspecified atom stereocenters. The number of hydrogen-bond acceptors (Lipinski definition) is 3. The largest absolute Gasteiger partial charge is 0.390 e. The van der Waals surface area contributed by atoms with Gasteiger partial charge in [-0.1, -0.05) is 23.4 Å². The molecule has 0 radical (unpaired) electrons. The first kappa shape index (κ1) is 20.7. The summed E-state index contributed by atoms with van der Waals surface area (Å²) in [6.45, 7) is 3.82. The van der Waals surface area contributed by atoms with Crippen LogP contribution in [0.15, 0.2) is 47.6 Å². The zero-order valence-electron chi connectivity index (χ0n) is 16.2. The lowest BCUT2D eigenvalue weighted by Gasteiger charge is -2.26. The second-order valence-corrected chi connectivity index (χ2v) is 7.17. The van der Waals surface area contributed by atoms with E-state index in [1.54, 1.807) is 18.2 Å². The van der Waals surface area contributed by atoms with Gasteiger partial charge in [0.25, 0.3) is 0 Å². The summed E-state index contributed by atoms with van der Waals surface area (Å²) in [6.07, 6.45) is -0.287. The third-order valence-electron chi connectivity index (χ3n) is 4.42. The van der Waals surface area contributed by atoms with E-state index in [1.165, 1.54) is 17.0 Å². The summed E-state index contributed by atoms with van der Waals surface area (Å²) in [6, 6.07) is 8.98. The molecular weight excluding hydrogens is 383 g/mol. The molecule has 0 bridgehead atoms. The Hall–Kier alpha value is -3.03. The highest BCUT2D eigenvalue weighted by molar-refractivity contribution is 6.01. The summed E-state index contributed by atoms with van der Waals surface area (Å²) in [7, 11) is 0. The number of oxime groups is 1. The maximum atomic E-state index is 14.1. The van der Waals surface area contributed by atoms with Crippen molar-refractivity contribution >= 4 is 11.7 Å². The summed E-state index contributed by atoms with van der Waals surface area (Å²) in [5.74, 6) is -1.81. The molecule has 2 aromatic carbocycles. The minimum Gasteiger partial charge on any atom is -0.390 e. The Morgan fingerprint density at radius 3 is 2.66 bits per heavy atom. The van der Waals surface area contributed by atoms with Crippen LogP contribution in [0, 0.1) is 17.5 Å². The van der Waals surface area contributed by atoms with Crippen LogP contribution in [0.2, 0.25) is 0 Å². The van der Waals surface area contributed by atoms with Crippen molar-refractivity contribution in [2.24, 2.45) is 5.16 Å². The average Bonchev–Trinajstić information content (AvgIpc) is 3.10. The summed E-state index contributed by atoms with van der Waals surface area (Å²) in [5, 5.41) is 6.68. The van der Waals surface area contributed by atoms with E-state index in [1.807, 2.05) is 13.8 Å². The second-order valence-electron chi connectivity index (χ2n) is 7.17. The number of amides is 2. The van der Waals surface area contributed by atoms with E-state index in [0.717, 1.165) is 12.1 Å². The van der Waals surface area contributed by atoms with Crippen LogP contribution < -0.4 is 5.32 Å². The highest BCUT2D eigenvalue weighted by Gasteiger charge is 2.28. The molecule has 0 saturated carbocycles. The molecule has 0 aromatic heterocycles. The lowest BCUT2D eigenvalue weighted by Crippen LogP contribution is -2.45. The quantitative estimate of drug-likeness (QED) is 0.783. The van der Waals surface area contributed by atoms with Crippen LogP contribution in [0.1, 0.15) is 31.4 Å². The summed E-state index contributed by atoms with van der Waals surface area (Å²) < 4.78 is 41.2. The van der Waals surface area contributed by atoms with Crippen LogP contribution in [0.25, 0.3) is 0 Å². The van der Waals surface area contributed by atoms with Gasteiger partial charge in [-0.3, -0.25) is 0 Å². The van der Waals surface area contributed by atoms with E-state index in [9.17, 15) is 18.0 Å². The summed E-state index contributed by atoms with van der Waals surface area (Å²) >= 11 is 0. The van der Waals surface area contributed by atoms with Crippen molar-refractivity contribution in [2.75, 3.05) is 6.54 Å².